The van der Waals surface area contributed by atoms with Crippen LogP contribution in [0.4, 0.5) is 0 Å². The second kappa shape index (κ2) is 39.2. The Kier molecular flexibility index (Phi) is 37.6. The van der Waals surface area contributed by atoms with E-state index in [1.807, 2.05) is 57.6 Å². The molecule has 57 heavy (non-hydrogen) atoms. The van der Waals surface area contributed by atoms with Gasteiger partial charge in [-0.25, -0.2) is 4.57 Å². The largest absolute Gasteiger partial charge is 0.472 e. The fourth-order valence-electron chi connectivity index (χ4n) is 5.84. The molecule has 1 N–H and O–H groups in total. The second-order valence-electron chi connectivity index (χ2n) is 16.1. The van der Waals surface area contributed by atoms with Gasteiger partial charge in [0.15, 0.2) is 6.10 Å². The average Bonchev–Trinajstić information content (AvgIpc) is 3.16. The predicted octanol–water partition coefficient (Wildman–Crippen LogP) is 12.9. The first kappa shape index (κ1) is 54.7. The summed E-state index contributed by atoms with van der Waals surface area (Å²) in [6, 6.07) is 0. The lowest BCUT2D eigenvalue weighted by atomic mass is 10.1. The highest BCUT2D eigenvalue weighted by Crippen LogP contribution is 2.43. The molecule has 0 bridgehead atoms. The van der Waals surface area contributed by atoms with Crippen LogP contribution in [-0.2, 0) is 32.7 Å². The summed E-state index contributed by atoms with van der Waals surface area (Å²) >= 11 is 0. The van der Waals surface area contributed by atoms with Crippen LogP contribution in [0.3, 0.4) is 0 Å². The van der Waals surface area contributed by atoms with Crippen LogP contribution in [0.2, 0.25) is 0 Å². The molecule has 0 aromatic rings. The van der Waals surface area contributed by atoms with Gasteiger partial charge in [-0.2, -0.15) is 0 Å². The fraction of sp³-hybridized carbons (Fsp3) is 0.745. The van der Waals surface area contributed by atoms with Gasteiger partial charge < -0.3 is 18.9 Å². The van der Waals surface area contributed by atoms with Crippen LogP contribution < -0.4 is 0 Å². The molecule has 0 aromatic carbocycles. The number of rotatable bonds is 40. The van der Waals surface area contributed by atoms with Gasteiger partial charge in [0.25, 0.3) is 0 Å². The number of ether oxygens (including phenoxy) is 2. The minimum absolute atomic E-state index is 0.0205. The number of phosphoric acid groups is 1. The molecule has 330 valence electrons. The molecule has 0 saturated heterocycles. The summed E-state index contributed by atoms with van der Waals surface area (Å²) in [7, 11) is 1.44. The van der Waals surface area contributed by atoms with Crippen LogP contribution in [0.25, 0.3) is 0 Å². The molecule has 0 heterocycles. The van der Waals surface area contributed by atoms with Gasteiger partial charge in [-0.1, -0.05) is 164 Å². The minimum atomic E-state index is -4.39. The van der Waals surface area contributed by atoms with Crippen LogP contribution in [-0.4, -0.2) is 74.9 Å². The lowest BCUT2D eigenvalue weighted by Crippen LogP contribution is -2.37. The Morgan fingerprint density at radius 1 is 0.561 bits per heavy atom. The third-order valence-electron chi connectivity index (χ3n) is 9.38. The topological polar surface area (TPSA) is 108 Å². The van der Waals surface area contributed by atoms with Gasteiger partial charge >= 0.3 is 19.8 Å². The number of unbranched alkanes of at least 4 members (excludes halogenated alkanes) is 19. The molecule has 0 aliphatic rings. The Bertz CT molecular complexity index is 1160. The molecule has 0 radical (unpaired) electrons. The molecule has 0 aliphatic carbocycles. The van der Waals surface area contributed by atoms with Crippen molar-refractivity contribution in [2.75, 3.05) is 47.5 Å². The van der Waals surface area contributed by atoms with Crippen molar-refractivity contribution < 1.29 is 42.1 Å². The molecular weight excluding hydrogens is 737 g/mol. The maximum absolute atomic E-state index is 12.7. The smallest absolute Gasteiger partial charge is 0.462 e. The van der Waals surface area contributed by atoms with Gasteiger partial charge in [-0.15, -0.1) is 0 Å². The summed E-state index contributed by atoms with van der Waals surface area (Å²) in [5.74, 6) is -0.852. The molecule has 0 fully saturated rings. The van der Waals surface area contributed by atoms with Crippen molar-refractivity contribution in [2.24, 2.45) is 0 Å². The van der Waals surface area contributed by atoms with Crippen LogP contribution in [0.5, 0.6) is 0 Å². The number of esters is 2. The number of carbonyl (C=O) groups is 2. The first-order valence-corrected chi connectivity index (χ1v) is 24.1. The summed E-state index contributed by atoms with van der Waals surface area (Å²) in [6.07, 6.45) is 47.1. The number of quaternary nitrogens is 1. The number of allylic oxidation sites excluding steroid dienone is 10. The zero-order valence-electron chi connectivity index (χ0n) is 37.1. The third-order valence-corrected chi connectivity index (χ3v) is 10.4. The molecule has 9 nitrogen and oxygen atoms in total. The Labute approximate surface area is 349 Å². The summed E-state index contributed by atoms with van der Waals surface area (Å²) < 4.78 is 34.2. The third kappa shape index (κ3) is 43.1. The number of nitrogens with zero attached hydrogens (tertiary/aromatic N) is 1. The number of hydrogen-bond donors (Lipinski definition) is 1. The zero-order chi connectivity index (χ0) is 42.1. The predicted molar refractivity (Wildman–Crippen MR) is 238 cm³/mol. The summed E-state index contributed by atoms with van der Waals surface area (Å²) in [5, 5.41) is 0. The van der Waals surface area contributed by atoms with Gasteiger partial charge in [-0.05, 0) is 57.8 Å². The van der Waals surface area contributed by atoms with E-state index in [0.29, 0.717) is 17.4 Å². The molecule has 0 aromatic heterocycles. The molecule has 0 spiro atoms. The number of carbonyl (C=O) groups excluding carboxylic acids is 2. The number of likely N-dealkylation sites (N-methyl/N-ethyl adjacent to an activating group) is 1. The Morgan fingerprint density at radius 3 is 1.56 bits per heavy atom. The van der Waals surface area contributed by atoms with E-state index in [2.05, 4.69) is 38.2 Å². The highest BCUT2D eigenvalue weighted by atomic mass is 31.2. The van der Waals surface area contributed by atoms with Gasteiger partial charge in [-0.3, -0.25) is 18.6 Å². The van der Waals surface area contributed by atoms with Crippen molar-refractivity contribution in [2.45, 2.75) is 180 Å². The maximum Gasteiger partial charge on any atom is 0.472 e. The van der Waals surface area contributed by atoms with Crippen molar-refractivity contribution in [1.29, 1.82) is 0 Å². The van der Waals surface area contributed by atoms with E-state index in [1.165, 1.54) is 83.5 Å². The second-order valence-corrected chi connectivity index (χ2v) is 17.6. The van der Waals surface area contributed by atoms with E-state index >= 15 is 0 Å². The van der Waals surface area contributed by atoms with Gasteiger partial charge in [0.05, 0.1) is 27.7 Å². The van der Waals surface area contributed by atoms with Crippen molar-refractivity contribution >= 4 is 19.8 Å². The minimum Gasteiger partial charge on any atom is -0.462 e. The summed E-state index contributed by atoms with van der Waals surface area (Å²) in [5.41, 5.74) is 0. The van der Waals surface area contributed by atoms with E-state index in [1.54, 1.807) is 0 Å². The van der Waals surface area contributed by atoms with E-state index in [4.69, 9.17) is 18.5 Å². The molecule has 0 aliphatic heterocycles. The van der Waals surface area contributed by atoms with Crippen LogP contribution >= 0.6 is 7.82 Å². The monoisotopic (exact) mass is 823 g/mol. The van der Waals surface area contributed by atoms with Gasteiger partial charge in [0.2, 0.25) is 0 Å². The molecule has 2 atom stereocenters. The van der Waals surface area contributed by atoms with Crippen molar-refractivity contribution in [3.63, 3.8) is 0 Å². The average molecular weight is 823 g/mol. The fourth-order valence-corrected chi connectivity index (χ4v) is 6.58. The van der Waals surface area contributed by atoms with Crippen molar-refractivity contribution in [1.82, 2.24) is 0 Å². The molecule has 10 heteroatoms. The first-order valence-electron chi connectivity index (χ1n) is 22.6. The Hall–Kier alpha value is -2.29. The lowest BCUT2D eigenvalue weighted by molar-refractivity contribution is -0.870. The number of hydrogen-bond acceptors (Lipinski definition) is 7. The molecule has 0 amide bonds. The molecule has 2 unspecified atom stereocenters. The summed E-state index contributed by atoms with van der Waals surface area (Å²) in [4.78, 5) is 35.3. The maximum atomic E-state index is 12.7. The normalized spacial score (nSPS) is 14.1. The molecule has 0 rings (SSSR count). The van der Waals surface area contributed by atoms with Crippen LogP contribution in [0.1, 0.15) is 174 Å². The number of phosphoric ester groups is 1. The Morgan fingerprint density at radius 2 is 1.02 bits per heavy atom. The van der Waals surface area contributed by atoms with Crippen LogP contribution in [0.15, 0.2) is 60.8 Å². The lowest BCUT2D eigenvalue weighted by Gasteiger charge is -2.24. The van der Waals surface area contributed by atoms with E-state index in [-0.39, 0.29) is 32.0 Å². The standard InChI is InChI=1S/C47H84NO8P/c1-6-8-10-12-14-16-18-20-21-22-23-24-25-26-28-29-31-33-35-37-39-46(49)53-43-45(44-55-57(51,52)54-42-41-48(3,4)5)56-47(50)40-38-36-34-32-30-27-19-17-15-13-11-9-7-2/h9,11,13,15,17,19,23-24,27,30,45H,6-8,10,12,14,16,18,20-22,25-26,28-29,31-44H2,1-5H3/p+1/b11-9+,15-13+,19-17+,24-23+,30-27+. The van der Waals surface area contributed by atoms with E-state index in [9.17, 15) is 19.0 Å². The van der Waals surface area contributed by atoms with Crippen molar-refractivity contribution in [3.05, 3.63) is 60.8 Å². The highest BCUT2D eigenvalue weighted by Gasteiger charge is 2.27. The Balaban J connectivity index is 4.34. The highest BCUT2D eigenvalue weighted by molar-refractivity contribution is 7.47. The van der Waals surface area contributed by atoms with E-state index < -0.39 is 26.5 Å². The van der Waals surface area contributed by atoms with E-state index in [0.717, 1.165) is 57.8 Å². The van der Waals surface area contributed by atoms with Gasteiger partial charge in [0.1, 0.15) is 19.8 Å². The van der Waals surface area contributed by atoms with Gasteiger partial charge in [0, 0.05) is 12.8 Å². The summed E-state index contributed by atoms with van der Waals surface area (Å²) in [6.45, 7) is 4.22. The quantitative estimate of drug-likeness (QED) is 0.0163. The SMILES string of the molecule is CC/C=C/C=C/C=C/C=C/CCCCCC(=O)OC(COC(=O)CCCCCCCCC/C=C/CCCCCCCCCCC)COP(=O)(O)OCC[N+](C)(C)C. The molecular formula is C47H85NO8P+. The zero-order valence-corrected chi connectivity index (χ0v) is 38.0. The van der Waals surface area contributed by atoms with Crippen LogP contribution in [0, 0.1) is 0 Å². The molecule has 0 saturated carbocycles. The van der Waals surface area contributed by atoms with Crippen molar-refractivity contribution in [3.8, 4) is 0 Å². The first-order chi connectivity index (χ1) is 27.5.